The summed E-state index contributed by atoms with van der Waals surface area (Å²) in [7, 11) is 0. The normalized spacial score (nSPS) is 27.2. The second kappa shape index (κ2) is 11.1. The number of piperidine rings is 1. The Morgan fingerprint density at radius 2 is 1.90 bits per heavy atom. The summed E-state index contributed by atoms with van der Waals surface area (Å²) < 4.78 is 157. The molecule has 0 bridgehead atoms. The molecular formula is C25H34FN3O2. The lowest BCUT2D eigenvalue weighted by Gasteiger charge is -2.37. The number of hydrogen-bond donors (Lipinski definition) is 1. The Morgan fingerprint density at radius 3 is 2.52 bits per heavy atom. The molecule has 5 nitrogen and oxygen atoms in total. The minimum atomic E-state index is -3.24. The molecule has 2 amide bonds. The predicted molar refractivity (Wildman–Crippen MR) is 121 cm³/mol. The molecule has 2 aromatic rings. The van der Waals surface area contributed by atoms with Crippen LogP contribution in [0.5, 0.6) is 5.75 Å². The van der Waals surface area contributed by atoms with Crippen LogP contribution >= 0.6 is 0 Å². The van der Waals surface area contributed by atoms with Crippen molar-refractivity contribution in [2.75, 3.05) is 26.5 Å². The molecule has 0 radical (unpaired) electrons. The standard InChI is InChI=1S/C25H34FN3O2/c1-19(2)18-31-24-10-6-20(7-11-24)16-27-25(30)29(23-12-14-28(3)15-13-23)17-21-4-8-22(26)9-5-21/h4-11,19,23H,12-18H2,1-3H3,(H,27,30)/i3D3,4D,5D,6D,7D,8D,9D,10D,11D,14D2,15D2,18D2. The molecule has 168 valence electrons. The smallest absolute Gasteiger partial charge is 0.318 e. The van der Waals surface area contributed by atoms with E-state index in [0.29, 0.717) is 0 Å². The van der Waals surface area contributed by atoms with Crippen molar-refractivity contribution in [1.29, 1.82) is 0 Å². The Kier molecular flexibility index (Phi) is 3.41. The second-order valence-electron chi connectivity index (χ2n) is 6.98. The Hall–Kier alpha value is -2.60. The first-order chi connectivity index (χ1) is 21.7. The van der Waals surface area contributed by atoms with E-state index in [2.05, 4.69) is 5.32 Å². The van der Waals surface area contributed by atoms with Crippen LogP contribution in [0.4, 0.5) is 9.18 Å². The Morgan fingerprint density at radius 1 is 1.26 bits per heavy atom. The third kappa shape index (κ3) is 7.24. The van der Waals surface area contributed by atoms with Crippen molar-refractivity contribution in [1.82, 2.24) is 15.1 Å². The summed E-state index contributed by atoms with van der Waals surface area (Å²) in [6.45, 7) is -10.0. The maximum Gasteiger partial charge on any atom is 0.318 e. The number of carbonyl (C=O) groups excluding carboxylic acids is 1. The third-order valence-electron chi connectivity index (χ3n) is 4.11. The van der Waals surface area contributed by atoms with Gasteiger partial charge in [-0.3, -0.25) is 0 Å². The zero-order valence-corrected chi connectivity index (χ0v) is 17.1. The number of hydrogen-bond acceptors (Lipinski definition) is 3. The molecule has 0 aliphatic carbocycles. The van der Waals surface area contributed by atoms with Crippen LogP contribution in [0.25, 0.3) is 0 Å². The first-order valence-electron chi connectivity index (χ1n) is 18.0. The molecule has 0 atom stereocenters. The average Bonchev–Trinajstić information content (AvgIpc) is 2.93. The van der Waals surface area contributed by atoms with Crippen LogP contribution in [0, 0.1) is 11.7 Å². The number of likely N-dealkylation sites (tertiary alicyclic amines) is 1. The van der Waals surface area contributed by atoms with Crippen LogP contribution in [0.15, 0.2) is 48.3 Å². The molecule has 1 N–H and O–H groups in total. The zero-order valence-electron chi connectivity index (χ0n) is 34.1. The van der Waals surface area contributed by atoms with Gasteiger partial charge in [-0.1, -0.05) is 38.0 Å². The number of carbonyl (C=O) groups is 1. The summed E-state index contributed by atoms with van der Waals surface area (Å²) in [6.07, 6.45) is -1.63. The number of urea groups is 1. The van der Waals surface area contributed by atoms with Crippen LogP contribution in [0.2, 0.25) is 0 Å². The fourth-order valence-electron chi connectivity index (χ4n) is 2.59. The summed E-state index contributed by atoms with van der Waals surface area (Å²) in [6, 6.07) is -9.50. The molecule has 2 aromatic carbocycles. The molecule has 1 aliphatic rings. The number of ether oxygens (including phenoxy) is 1. The topological polar surface area (TPSA) is 44.8 Å². The molecule has 1 aliphatic heterocycles. The van der Waals surface area contributed by atoms with E-state index in [9.17, 15) is 9.18 Å². The Balaban J connectivity index is 2.08. The fourth-order valence-corrected chi connectivity index (χ4v) is 2.59. The van der Waals surface area contributed by atoms with E-state index in [-0.39, 0.29) is 10.5 Å². The maximum atomic E-state index is 14.3. The molecular weight excluding hydrogens is 393 g/mol. The van der Waals surface area contributed by atoms with E-state index in [1.807, 2.05) is 0 Å². The number of benzene rings is 2. The number of rotatable bonds is 8. The van der Waals surface area contributed by atoms with Gasteiger partial charge in [-0.2, -0.15) is 0 Å². The third-order valence-corrected chi connectivity index (χ3v) is 4.11. The SMILES string of the molecule is [2H]c1c([2H])c(CN(C(=O)NCc2c([2H])c([2H])c(OC([2H])([2H])C(C)C)c([2H])c2[2H])C2CC([2H])([2H])N(C([2H])([2H])[2H])C([2H])([2H])C2)c([2H])c([2H])c1F. The van der Waals surface area contributed by atoms with Gasteiger partial charge in [0.15, 0.2) is 0 Å². The highest BCUT2D eigenvalue weighted by Gasteiger charge is 2.27. The van der Waals surface area contributed by atoms with Crippen LogP contribution in [-0.2, 0) is 13.1 Å². The van der Waals surface area contributed by atoms with E-state index in [1.165, 1.54) is 13.8 Å². The van der Waals surface area contributed by atoms with E-state index >= 15 is 0 Å². The first kappa shape index (κ1) is 9.49. The van der Waals surface area contributed by atoms with E-state index in [4.69, 9.17) is 28.0 Å². The predicted octanol–water partition coefficient (Wildman–Crippen LogP) is 4.67. The Labute approximate surface area is 209 Å². The lowest BCUT2D eigenvalue weighted by atomic mass is 10.0. The molecule has 31 heavy (non-hydrogen) atoms. The molecule has 1 saturated heterocycles. The number of nitrogens with one attached hydrogen (secondary N) is 1. The molecule has 0 aromatic heterocycles. The van der Waals surface area contributed by atoms with Crippen LogP contribution < -0.4 is 10.1 Å². The summed E-state index contributed by atoms with van der Waals surface area (Å²) in [5.74, 6) is -2.88. The highest BCUT2D eigenvalue weighted by Crippen LogP contribution is 2.19. The van der Waals surface area contributed by atoms with Gasteiger partial charge in [-0.05, 0) is 74.0 Å². The largest absolute Gasteiger partial charge is 0.493 e. The fraction of sp³-hybridized carbons (Fsp3) is 0.480. The van der Waals surface area contributed by atoms with Gasteiger partial charge in [-0.25, -0.2) is 9.18 Å². The van der Waals surface area contributed by atoms with Gasteiger partial charge in [0.05, 0.1) is 20.3 Å². The molecule has 0 saturated carbocycles. The second-order valence-corrected chi connectivity index (χ2v) is 6.98. The zero-order chi connectivity index (χ0) is 37.1. The van der Waals surface area contributed by atoms with Crippen molar-refractivity contribution in [2.45, 2.75) is 45.8 Å². The van der Waals surface area contributed by atoms with Crippen LogP contribution in [0.3, 0.4) is 0 Å². The number of amides is 2. The highest BCUT2D eigenvalue weighted by molar-refractivity contribution is 5.74. The molecule has 3 rings (SSSR count). The minimum absolute atomic E-state index is 0.0444. The van der Waals surface area contributed by atoms with Crippen molar-refractivity contribution < 1.29 is 37.2 Å². The molecule has 1 heterocycles. The van der Waals surface area contributed by atoms with Crippen molar-refractivity contribution in [3.05, 3.63) is 65.3 Å². The van der Waals surface area contributed by atoms with Gasteiger partial charge in [0.25, 0.3) is 0 Å². The maximum absolute atomic E-state index is 14.3. The van der Waals surface area contributed by atoms with E-state index in [1.54, 1.807) is 0 Å². The van der Waals surface area contributed by atoms with Crippen LogP contribution in [0.1, 0.15) is 61.1 Å². The summed E-state index contributed by atoms with van der Waals surface area (Å²) >= 11 is 0. The van der Waals surface area contributed by atoms with Crippen molar-refractivity contribution in [3.63, 3.8) is 0 Å². The van der Waals surface area contributed by atoms with Gasteiger partial charge < -0.3 is 19.9 Å². The first-order valence-corrected chi connectivity index (χ1v) is 9.55. The number of nitrogens with zero attached hydrogens (tertiary/aromatic N) is 2. The molecule has 1 fully saturated rings. The van der Waals surface area contributed by atoms with Crippen molar-refractivity contribution in [2.24, 2.45) is 5.92 Å². The van der Waals surface area contributed by atoms with Gasteiger partial charge >= 0.3 is 6.03 Å². The van der Waals surface area contributed by atoms with E-state index < -0.39 is 136 Å². The van der Waals surface area contributed by atoms with Crippen molar-refractivity contribution >= 4 is 6.03 Å². The monoisotopic (exact) mass is 444 g/mol. The summed E-state index contributed by atoms with van der Waals surface area (Å²) in [5.41, 5.74) is -0.907. The van der Waals surface area contributed by atoms with Crippen molar-refractivity contribution in [3.8, 4) is 5.75 Å². The van der Waals surface area contributed by atoms with Gasteiger partial charge in [0.2, 0.25) is 0 Å². The summed E-state index contributed by atoms with van der Waals surface area (Å²) in [4.78, 5) is 14.5. The number of halogens is 1. The van der Waals surface area contributed by atoms with Gasteiger partial charge in [0, 0.05) is 28.7 Å². The van der Waals surface area contributed by atoms with Crippen LogP contribution in [-0.4, -0.2) is 48.4 Å². The molecule has 0 unspecified atom stereocenters. The Bertz CT molecular complexity index is 1510. The summed E-state index contributed by atoms with van der Waals surface area (Å²) in [5, 5.41) is 2.32. The molecule has 0 spiro atoms. The van der Waals surface area contributed by atoms with E-state index in [0.717, 1.165) is 4.90 Å². The average molecular weight is 445 g/mol. The quantitative estimate of drug-likeness (QED) is 0.644. The lowest BCUT2D eigenvalue weighted by molar-refractivity contribution is 0.127. The highest BCUT2D eigenvalue weighted by atomic mass is 19.1. The molecule has 6 heteroatoms. The van der Waals surface area contributed by atoms with Gasteiger partial charge in [0.1, 0.15) is 11.6 Å². The lowest BCUT2D eigenvalue weighted by Crippen LogP contribution is -2.49. The van der Waals surface area contributed by atoms with Gasteiger partial charge in [-0.15, -0.1) is 0 Å². The minimum Gasteiger partial charge on any atom is -0.493 e.